The standard InChI is InChI=1S/C16H23NO2/c1-11(15(18)19)13-6-4-12(5-7-13)10-17-16(2,3)14-8-9-14/h4-7,11,14,17H,8-10H2,1-3H3,(H,18,19). The number of benzene rings is 1. The van der Waals surface area contributed by atoms with Crippen LogP contribution in [0.15, 0.2) is 24.3 Å². The molecule has 19 heavy (non-hydrogen) atoms. The molecule has 0 heterocycles. The van der Waals surface area contributed by atoms with Crippen molar-refractivity contribution >= 4 is 5.97 Å². The van der Waals surface area contributed by atoms with Gasteiger partial charge in [0.25, 0.3) is 0 Å². The van der Waals surface area contributed by atoms with Crippen molar-refractivity contribution in [3.05, 3.63) is 35.4 Å². The van der Waals surface area contributed by atoms with E-state index in [2.05, 4.69) is 19.2 Å². The van der Waals surface area contributed by atoms with Crippen LogP contribution in [0.3, 0.4) is 0 Å². The molecule has 1 aliphatic rings. The Hall–Kier alpha value is -1.35. The Bertz CT molecular complexity index is 446. The Morgan fingerprint density at radius 3 is 2.42 bits per heavy atom. The summed E-state index contributed by atoms with van der Waals surface area (Å²) >= 11 is 0. The molecule has 1 aromatic rings. The second-order valence-corrected chi connectivity index (χ2v) is 6.15. The number of aliphatic carboxylic acids is 1. The molecule has 0 aromatic heterocycles. The highest BCUT2D eigenvalue weighted by atomic mass is 16.4. The number of rotatable bonds is 6. The minimum atomic E-state index is -0.777. The fourth-order valence-corrected chi connectivity index (χ4v) is 2.35. The first-order chi connectivity index (χ1) is 8.90. The van der Waals surface area contributed by atoms with E-state index in [0.717, 1.165) is 18.0 Å². The van der Waals surface area contributed by atoms with Crippen molar-refractivity contribution < 1.29 is 9.90 Å². The molecular weight excluding hydrogens is 238 g/mol. The van der Waals surface area contributed by atoms with Gasteiger partial charge in [-0.15, -0.1) is 0 Å². The summed E-state index contributed by atoms with van der Waals surface area (Å²) in [5, 5.41) is 12.6. The molecule has 3 heteroatoms. The summed E-state index contributed by atoms with van der Waals surface area (Å²) in [4.78, 5) is 10.9. The van der Waals surface area contributed by atoms with Crippen molar-refractivity contribution in [2.24, 2.45) is 5.92 Å². The van der Waals surface area contributed by atoms with Crippen LogP contribution in [-0.4, -0.2) is 16.6 Å². The Morgan fingerprint density at radius 1 is 1.37 bits per heavy atom. The van der Waals surface area contributed by atoms with Gasteiger partial charge >= 0.3 is 5.97 Å². The number of hydrogen-bond donors (Lipinski definition) is 2. The van der Waals surface area contributed by atoms with Gasteiger partial charge in [0, 0.05) is 12.1 Å². The number of nitrogens with one attached hydrogen (secondary N) is 1. The molecule has 1 aliphatic carbocycles. The lowest BCUT2D eigenvalue weighted by Gasteiger charge is -2.26. The highest BCUT2D eigenvalue weighted by molar-refractivity contribution is 5.75. The molecule has 1 atom stereocenters. The molecule has 0 saturated heterocycles. The van der Waals surface area contributed by atoms with Gasteiger partial charge in [-0.3, -0.25) is 4.79 Å². The lowest BCUT2D eigenvalue weighted by Crippen LogP contribution is -2.40. The first kappa shape index (κ1) is 14.1. The molecule has 1 fully saturated rings. The first-order valence-corrected chi connectivity index (χ1v) is 6.97. The highest BCUT2D eigenvalue weighted by Crippen LogP contribution is 2.39. The number of carboxylic acid groups (broad SMARTS) is 1. The normalized spacial score (nSPS) is 17.2. The third kappa shape index (κ3) is 3.57. The Labute approximate surface area is 115 Å². The van der Waals surface area contributed by atoms with Crippen molar-refractivity contribution in [1.82, 2.24) is 5.32 Å². The van der Waals surface area contributed by atoms with Gasteiger partial charge in [-0.1, -0.05) is 24.3 Å². The Balaban J connectivity index is 1.93. The molecule has 104 valence electrons. The predicted octanol–water partition coefficient (Wildman–Crippen LogP) is 3.15. The van der Waals surface area contributed by atoms with E-state index >= 15 is 0 Å². The van der Waals surface area contributed by atoms with Crippen LogP contribution >= 0.6 is 0 Å². The van der Waals surface area contributed by atoms with Gasteiger partial charge in [0.1, 0.15) is 0 Å². The second-order valence-electron chi connectivity index (χ2n) is 6.15. The fraction of sp³-hybridized carbons (Fsp3) is 0.562. The molecule has 0 amide bonds. The van der Waals surface area contributed by atoms with Crippen molar-refractivity contribution in [2.75, 3.05) is 0 Å². The summed E-state index contributed by atoms with van der Waals surface area (Å²) in [6.45, 7) is 7.06. The molecule has 0 bridgehead atoms. The first-order valence-electron chi connectivity index (χ1n) is 6.97. The predicted molar refractivity (Wildman–Crippen MR) is 76.1 cm³/mol. The minimum absolute atomic E-state index is 0.201. The number of carboxylic acids is 1. The molecule has 1 saturated carbocycles. The van der Waals surface area contributed by atoms with E-state index in [9.17, 15) is 4.79 Å². The third-order valence-electron chi connectivity index (χ3n) is 4.20. The zero-order valence-electron chi connectivity index (χ0n) is 11.9. The molecule has 1 unspecified atom stereocenters. The van der Waals surface area contributed by atoms with Gasteiger partial charge in [0.2, 0.25) is 0 Å². The summed E-state index contributed by atoms with van der Waals surface area (Å²) in [5.41, 5.74) is 2.26. The fourth-order valence-electron chi connectivity index (χ4n) is 2.35. The topological polar surface area (TPSA) is 49.3 Å². The summed E-state index contributed by atoms with van der Waals surface area (Å²) in [5.74, 6) is -0.413. The van der Waals surface area contributed by atoms with Crippen molar-refractivity contribution in [3.8, 4) is 0 Å². The average Bonchev–Trinajstić information content (AvgIpc) is 3.20. The molecule has 3 nitrogen and oxygen atoms in total. The molecule has 2 rings (SSSR count). The van der Waals surface area contributed by atoms with Gasteiger partial charge in [0.15, 0.2) is 0 Å². The summed E-state index contributed by atoms with van der Waals surface area (Å²) < 4.78 is 0. The molecule has 2 N–H and O–H groups in total. The van der Waals surface area contributed by atoms with Crippen LogP contribution in [-0.2, 0) is 11.3 Å². The van der Waals surface area contributed by atoms with E-state index in [0.29, 0.717) is 0 Å². The quantitative estimate of drug-likeness (QED) is 0.827. The van der Waals surface area contributed by atoms with E-state index in [1.165, 1.54) is 18.4 Å². The lowest BCUT2D eigenvalue weighted by molar-refractivity contribution is -0.138. The number of hydrogen-bond acceptors (Lipinski definition) is 2. The van der Waals surface area contributed by atoms with Crippen molar-refractivity contribution in [3.63, 3.8) is 0 Å². The smallest absolute Gasteiger partial charge is 0.310 e. The van der Waals surface area contributed by atoms with Crippen LogP contribution in [0.2, 0.25) is 0 Å². The maximum atomic E-state index is 10.9. The maximum Gasteiger partial charge on any atom is 0.310 e. The van der Waals surface area contributed by atoms with Gasteiger partial charge < -0.3 is 10.4 Å². The summed E-state index contributed by atoms with van der Waals surface area (Å²) in [7, 11) is 0. The van der Waals surface area contributed by atoms with E-state index in [1.807, 2.05) is 24.3 Å². The SMILES string of the molecule is CC(C(=O)O)c1ccc(CNC(C)(C)C2CC2)cc1. The van der Waals surface area contributed by atoms with Crippen LogP contribution in [0, 0.1) is 5.92 Å². The zero-order valence-corrected chi connectivity index (χ0v) is 11.9. The van der Waals surface area contributed by atoms with Crippen LogP contribution in [0.5, 0.6) is 0 Å². The van der Waals surface area contributed by atoms with Crippen LogP contribution in [0.4, 0.5) is 0 Å². The van der Waals surface area contributed by atoms with Crippen LogP contribution < -0.4 is 5.32 Å². The largest absolute Gasteiger partial charge is 0.481 e. The van der Waals surface area contributed by atoms with Gasteiger partial charge in [-0.25, -0.2) is 0 Å². The minimum Gasteiger partial charge on any atom is -0.481 e. The molecule has 0 aliphatic heterocycles. The maximum absolute atomic E-state index is 10.9. The Kier molecular flexibility index (Phi) is 3.95. The van der Waals surface area contributed by atoms with Gasteiger partial charge in [-0.2, -0.15) is 0 Å². The average molecular weight is 261 g/mol. The van der Waals surface area contributed by atoms with Crippen LogP contribution in [0.1, 0.15) is 50.7 Å². The van der Waals surface area contributed by atoms with E-state index in [4.69, 9.17) is 5.11 Å². The lowest BCUT2D eigenvalue weighted by atomic mass is 9.97. The Morgan fingerprint density at radius 2 is 1.95 bits per heavy atom. The van der Waals surface area contributed by atoms with Crippen LogP contribution in [0.25, 0.3) is 0 Å². The van der Waals surface area contributed by atoms with Gasteiger partial charge in [0.05, 0.1) is 5.92 Å². The molecular formula is C16H23NO2. The highest BCUT2D eigenvalue weighted by Gasteiger charge is 2.37. The molecule has 0 radical (unpaired) electrons. The van der Waals surface area contributed by atoms with Gasteiger partial charge in [-0.05, 0) is 50.7 Å². The van der Waals surface area contributed by atoms with E-state index in [-0.39, 0.29) is 5.54 Å². The molecule has 0 spiro atoms. The third-order valence-corrected chi connectivity index (χ3v) is 4.20. The monoisotopic (exact) mass is 261 g/mol. The van der Waals surface area contributed by atoms with E-state index in [1.54, 1.807) is 6.92 Å². The summed E-state index contributed by atoms with van der Waals surface area (Å²) in [6.07, 6.45) is 2.66. The zero-order chi connectivity index (χ0) is 14.0. The van der Waals surface area contributed by atoms with Crippen molar-refractivity contribution in [2.45, 2.75) is 51.6 Å². The van der Waals surface area contributed by atoms with Crippen molar-refractivity contribution in [1.29, 1.82) is 0 Å². The van der Waals surface area contributed by atoms with E-state index < -0.39 is 11.9 Å². The second kappa shape index (κ2) is 5.33. The summed E-state index contributed by atoms with van der Waals surface area (Å²) in [6, 6.07) is 7.87. The molecule has 1 aromatic carbocycles. The number of carbonyl (C=O) groups is 1.